The summed E-state index contributed by atoms with van der Waals surface area (Å²) < 4.78 is 14.4. The molecule has 144 valence electrons. The molecule has 0 radical (unpaired) electrons. The number of ether oxygens (including phenoxy) is 1. The van der Waals surface area contributed by atoms with Crippen LogP contribution in [0, 0.1) is 13.8 Å². The van der Waals surface area contributed by atoms with Gasteiger partial charge in [0.1, 0.15) is 17.1 Å². The molecule has 1 aliphatic rings. The minimum atomic E-state index is -0.176. The van der Waals surface area contributed by atoms with Crippen molar-refractivity contribution in [1.82, 2.24) is 19.5 Å². The highest BCUT2D eigenvalue weighted by Crippen LogP contribution is 2.22. The third kappa shape index (κ3) is 3.49. The first-order valence-corrected chi connectivity index (χ1v) is 9.40. The fourth-order valence-electron chi connectivity index (χ4n) is 3.68. The molecular weight excluding hydrogens is 348 g/mol. The smallest absolute Gasteiger partial charge is 0.291 e. The van der Waals surface area contributed by atoms with Gasteiger partial charge in [-0.1, -0.05) is 0 Å². The van der Waals surface area contributed by atoms with E-state index in [2.05, 4.69) is 10.4 Å². The Kier molecular flexibility index (Phi) is 4.73. The molecule has 1 N–H and O–H groups in total. The van der Waals surface area contributed by atoms with E-state index in [1.165, 1.54) is 4.68 Å². The molecule has 8 nitrogen and oxygen atoms in total. The Hall–Kier alpha value is -2.61. The van der Waals surface area contributed by atoms with E-state index < -0.39 is 0 Å². The van der Waals surface area contributed by atoms with Crippen molar-refractivity contribution < 1.29 is 13.9 Å². The van der Waals surface area contributed by atoms with Crippen LogP contribution in [0.1, 0.15) is 37.3 Å². The van der Waals surface area contributed by atoms with Gasteiger partial charge in [-0.3, -0.25) is 14.0 Å². The molecule has 1 amide bonds. The number of aromatic nitrogens is 3. The largest absolute Gasteiger partial charge is 0.460 e. The molecule has 27 heavy (non-hydrogen) atoms. The molecule has 0 bridgehead atoms. The molecule has 0 aromatic carbocycles. The van der Waals surface area contributed by atoms with Crippen LogP contribution in [0.25, 0.3) is 16.6 Å². The zero-order valence-electron chi connectivity index (χ0n) is 15.7. The molecule has 0 spiro atoms. The lowest BCUT2D eigenvalue weighted by molar-refractivity contribution is -0.121. The number of furan rings is 1. The summed E-state index contributed by atoms with van der Waals surface area (Å²) in [6.45, 7) is 5.47. The number of amides is 1. The molecule has 4 heterocycles. The summed E-state index contributed by atoms with van der Waals surface area (Å²) in [4.78, 5) is 24.7. The van der Waals surface area contributed by atoms with Crippen molar-refractivity contribution in [2.45, 2.75) is 52.2 Å². The SMILES string of the molecule is Cc1cc2c(cc3c(=O)n(CCCC(=O)NC[C@H]4CCCO4)nc(C)n32)o1. The Balaban J connectivity index is 1.42. The summed E-state index contributed by atoms with van der Waals surface area (Å²) in [6.07, 6.45) is 3.10. The highest BCUT2D eigenvalue weighted by molar-refractivity contribution is 5.83. The molecule has 1 aliphatic heterocycles. The molecule has 8 heteroatoms. The van der Waals surface area contributed by atoms with E-state index in [4.69, 9.17) is 9.15 Å². The Morgan fingerprint density at radius 1 is 1.33 bits per heavy atom. The standard InChI is InChI=1S/C19H24N4O4/c1-12-9-15-17(27-12)10-16-19(25)22(21-13(2)23(15)16)7-3-6-18(24)20-11-14-5-4-8-26-14/h9-10,14H,3-8,11H2,1-2H3,(H,20,24)/t14-/m1/s1. The predicted octanol–water partition coefficient (Wildman–Crippen LogP) is 1.93. The normalized spacial score (nSPS) is 17.2. The van der Waals surface area contributed by atoms with Crippen molar-refractivity contribution in [3.63, 3.8) is 0 Å². The van der Waals surface area contributed by atoms with Gasteiger partial charge in [0, 0.05) is 38.2 Å². The summed E-state index contributed by atoms with van der Waals surface area (Å²) in [5, 5.41) is 7.31. The average molecular weight is 372 g/mol. The van der Waals surface area contributed by atoms with E-state index in [-0.39, 0.29) is 17.6 Å². The van der Waals surface area contributed by atoms with E-state index >= 15 is 0 Å². The zero-order valence-corrected chi connectivity index (χ0v) is 15.7. The van der Waals surface area contributed by atoms with Gasteiger partial charge in [0.05, 0.1) is 11.6 Å². The highest BCUT2D eigenvalue weighted by atomic mass is 16.5. The van der Waals surface area contributed by atoms with Crippen LogP contribution in [-0.2, 0) is 16.1 Å². The first-order chi connectivity index (χ1) is 13.0. The van der Waals surface area contributed by atoms with Gasteiger partial charge in [-0.2, -0.15) is 5.10 Å². The van der Waals surface area contributed by atoms with E-state index in [1.807, 2.05) is 24.3 Å². The van der Waals surface area contributed by atoms with E-state index in [9.17, 15) is 9.59 Å². The van der Waals surface area contributed by atoms with Crippen molar-refractivity contribution in [2.75, 3.05) is 13.2 Å². The molecule has 3 aromatic rings. The van der Waals surface area contributed by atoms with Crippen LogP contribution < -0.4 is 10.9 Å². The van der Waals surface area contributed by atoms with Crippen molar-refractivity contribution in [1.29, 1.82) is 0 Å². The number of aryl methyl sites for hydroxylation is 3. The van der Waals surface area contributed by atoms with Gasteiger partial charge < -0.3 is 14.5 Å². The van der Waals surface area contributed by atoms with Crippen LogP contribution in [0.2, 0.25) is 0 Å². The van der Waals surface area contributed by atoms with Crippen molar-refractivity contribution >= 4 is 22.5 Å². The summed E-state index contributed by atoms with van der Waals surface area (Å²) >= 11 is 0. The van der Waals surface area contributed by atoms with Gasteiger partial charge in [0.2, 0.25) is 5.91 Å². The Bertz CT molecular complexity index is 1040. The molecule has 0 saturated carbocycles. The molecule has 0 aliphatic carbocycles. The molecule has 1 fully saturated rings. The van der Waals surface area contributed by atoms with Gasteiger partial charge in [0.15, 0.2) is 5.58 Å². The highest BCUT2D eigenvalue weighted by Gasteiger charge is 2.17. The van der Waals surface area contributed by atoms with Crippen molar-refractivity contribution in [3.8, 4) is 0 Å². The lowest BCUT2D eigenvalue weighted by Gasteiger charge is -2.11. The Morgan fingerprint density at radius 2 is 2.19 bits per heavy atom. The maximum atomic E-state index is 12.7. The first kappa shape index (κ1) is 17.8. The second kappa shape index (κ2) is 7.19. The summed E-state index contributed by atoms with van der Waals surface area (Å²) in [7, 11) is 0. The maximum Gasteiger partial charge on any atom is 0.291 e. The third-order valence-electron chi connectivity index (χ3n) is 4.98. The van der Waals surface area contributed by atoms with Gasteiger partial charge in [-0.05, 0) is 33.1 Å². The lowest BCUT2D eigenvalue weighted by atomic mass is 10.2. The van der Waals surface area contributed by atoms with Gasteiger partial charge in [-0.15, -0.1) is 0 Å². The molecule has 1 atom stereocenters. The number of carbonyl (C=O) groups excluding carboxylic acids is 1. The summed E-state index contributed by atoms with van der Waals surface area (Å²) in [6, 6.07) is 3.66. The Labute approximate surface area is 156 Å². The second-order valence-corrected chi connectivity index (χ2v) is 7.09. The minimum absolute atomic E-state index is 0.0213. The van der Waals surface area contributed by atoms with Crippen LogP contribution in [0.4, 0.5) is 0 Å². The molecule has 1 saturated heterocycles. The third-order valence-corrected chi connectivity index (χ3v) is 4.98. The summed E-state index contributed by atoms with van der Waals surface area (Å²) in [5.41, 5.74) is 1.90. The number of rotatable bonds is 6. The topological polar surface area (TPSA) is 90.8 Å². The molecule has 3 aromatic heterocycles. The van der Waals surface area contributed by atoms with E-state index in [0.29, 0.717) is 42.9 Å². The van der Waals surface area contributed by atoms with E-state index in [0.717, 1.165) is 30.7 Å². The van der Waals surface area contributed by atoms with E-state index in [1.54, 1.807) is 6.07 Å². The van der Waals surface area contributed by atoms with Crippen molar-refractivity contribution in [3.05, 3.63) is 34.1 Å². The maximum absolute atomic E-state index is 12.7. The minimum Gasteiger partial charge on any atom is -0.460 e. The van der Waals surface area contributed by atoms with Crippen LogP contribution in [0.5, 0.6) is 0 Å². The van der Waals surface area contributed by atoms with Gasteiger partial charge >= 0.3 is 0 Å². The number of hydrogen-bond donors (Lipinski definition) is 1. The average Bonchev–Trinajstić information content (AvgIpc) is 3.33. The first-order valence-electron chi connectivity index (χ1n) is 9.40. The fraction of sp³-hybridized carbons (Fsp3) is 0.526. The van der Waals surface area contributed by atoms with Crippen molar-refractivity contribution in [2.24, 2.45) is 0 Å². The predicted molar refractivity (Wildman–Crippen MR) is 99.9 cm³/mol. The van der Waals surface area contributed by atoms with Crippen LogP contribution >= 0.6 is 0 Å². The Morgan fingerprint density at radius 3 is 2.96 bits per heavy atom. The molecular formula is C19H24N4O4. The van der Waals surface area contributed by atoms with Crippen LogP contribution in [0.15, 0.2) is 21.3 Å². The number of fused-ring (bicyclic) bond motifs is 3. The fourth-order valence-corrected chi connectivity index (χ4v) is 3.68. The zero-order chi connectivity index (χ0) is 19.0. The van der Waals surface area contributed by atoms with Crippen LogP contribution in [-0.4, -0.2) is 39.3 Å². The number of hydrogen-bond acceptors (Lipinski definition) is 5. The number of nitrogens with one attached hydrogen (secondary N) is 1. The number of nitrogens with zero attached hydrogens (tertiary/aromatic N) is 3. The number of carbonyl (C=O) groups is 1. The molecule has 0 unspecified atom stereocenters. The second-order valence-electron chi connectivity index (χ2n) is 7.09. The monoisotopic (exact) mass is 372 g/mol. The van der Waals surface area contributed by atoms with Gasteiger partial charge in [0.25, 0.3) is 5.56 Å². The lowest BCUT2D eigenvalue weighted by Crippen LogP contribution is -2.32. The van der Waals surface area contributed by atoms with Crippen LogP contribution in [0.3, 0.4) is 0 Å². The summed E-state index contributed by atoms with van der Waals surface area (Å²) in [5.74, 6) is 1.49. The quantitative estimate of drug-likeness (QED) is 0.714. The van der Waals surface area contributed by atoms with Gasteiger partial charge in [-0.25, -0.2) is 4.68 Å². The molecule has 4 rings (SSSR count).